The summed E-state index contributed by atoms with van der Waals surface area (Å²) in [6.45, 7) is 11.9. The number of amides is 1. The van der Waals surface area contributed by atoms with Crippen LogP contribution in [0.2, 0.25) is 0 Å². The van der Waals surface area contributed by atoms with Crippen molar-refractivity contribution in [2.24, 2.45) is 22.2 Å². The first-order chi connectivity index (χ1) is 9.23. The van der Waals surface area contributed by atoms with E-state index in [1.807, 2.05) is 0 Å². The second-order valence-corrected chi connectivity index (χ2v) is 7.88. The summed E-state index contributed by atoms with van der Waals surface area (Å²) in [6.07, 6.45) is 4.06. The first-order valence-corrected chi connectivity index (χ1v) is 7.87. The Morgan fingerprint density at radius 3 is 2.40 bits per heavy atom. The Morgan fingerprint density at radius 1 is 1.30 bits per heavy atom. The zero-order valence-electron chi connectivity index (χ0n) is 13.5. The van der Waals surface area contributed by atoms with Gasteiger partial charge in [0.15, 0.2) is 5.96 Å². The van der Waals surface area contributed by atoms with Crippen LogP contribution in [0.5, 0.6) is 0 Å². The van der Waals surface area contributed by atoms with Gasteiger partial charge in [-0.05, 0) is 42.9 Å². The van der Waals surface area contributed by atoms with Gasteiger partial charge in [0.1, 0.15) is 5.54 Å². The normalized spacial score (nSPS) is 32.8. The third kappa shape index (κ3) is 3.15. The quantitative estimate of drug-likeness (QED) is 0.816. The number of rotatable bonds is 2. The first-order valence-electron chi connectivity index (χ1n) is 7.87. The van der Waals surface area contributed by atoms with E-state index in [0.717, 1.165) is 32.2 Å². The van der Waals surface area contributed by atoms with Crippen molar-refractivity contribution in [2.45, 2.75) is 65.8 Å². The van der Waals surface area contributed by atoms with Crippen molar-refractivity contribution in [1.82, 2.24) is 10.6 Å². The van der Waals surface area contributed by atoms with Crippen molar-refractivity contribution in [1.29, 1.82) is 0 Å². The topological polar surface area (TPSA) is 53.5 Å². The molecule has 0 aromatic heterocycles. The van der Waals surface area contributed by atoms with Gasteiger partial charge in [0, 0.05) is 6.54 Å². The molecule has 4 heteroatoms. The Balaban J connectivity index is 2.00. The molecule has 2 N–H and O–H groups in total. The van der Waals surface area contributed by atoms with E-state index in [1.165, 1.54) is 0 Å². The van der Waals surface area contributed by atoms with Gasteiger partial charge in [-0.1, -0.05) is 34.6 Å². The maximum atomic E-state index is 12.3. The van der Waals surface area contributed by atoms with Crippen LogP contribution < -0.4 is 10.6 Å². The standard InChI is InChI=1S/C16H29N3O/c1-11(2)10-17-14-18-13(20)16(19-14)8-6-12(7-9-16)15(3,4)5/h11-12H,6-10H2,1-5H3,(H2,17,18,19,20). The molecule has 1 amide bonds. The van der Waals surface area contributed by atoms with Crippen molar-refractivity contribution >= 4 is 11.9 Å². The lowest BCUT2D eigenvalue weighted by Crippen LogP contribution is -2.50. The Morgan fingerprint density at radius 2 is 1.90 bits per heavy atom. The van der Waals surface area contributed by atoms with Crippen molar-refractivity contribution in [3.05, 3.63) is 0 Å². The van der Waals surface area contributed by atoms with E-state index in [1.54, 1.807) is 0 Å². The highest BCUT2D eigenvalue weighted by atomic mass is 16.2. The van der Waals surface area contributed by atoms with E-state index >= 15 is 0 Å². The number of nitrogens with one attached hydrogen (secondary N) is 2. The van der Waals surface area contributed by atoms with Crippen LogP contribution in [0, 0.1) is 17.3 Å². The molecule has 0 aromatic carbocycles. The van der Waals surface area contributed by atoms with Gasteiger partial charge in [-0.25, -0.2) is 0 Å². The zero-order chi connectivity index (χ0) is 15.0. The lowest BCUT2D eigenvalue weighted by atomic mass is 9.67. The molecule has 2 rings (SSSR count). The molecule has 1 aliphatic carbocycles. The highest BCUT2D eigenvalue weighted by Gasteiger charge is 2.48. The van der Waals surface area contributed by atoms with Crippen LogP contribution in [-0.2, 0) is 4.79 Å². The summed E-state index contributed by atoms with van der Waals surface area (Å²) >= 11 is 0. The predicted molar refractivity (Wildman–Crippen MR) is 82.6 cm³/mol. The Bertz CT molecular complexity index is 398. The molecule has 0 radical (unpaired) electrons. The first kappa shape index (κ1) is 15.3. The molecular weight excluding hydrogens is 250 g/mol. The molecule has 114 valence electrons. The highest BCUT2D eigenvalue weighted by molar-refractivity contribution is 6.09. The monoisotopic (exact) mass is 279 g/mol. The molecule has 1 spiro atoms. The van der Waals surface area contributed by atoms with Crippen molar-refractivity contribution < 1.29 is 4.79 Å². The summed E-state index contributed by atoms with van der Waals surface area (Å²) in [7, 11) is 0. The summed E-state index contributed by atoms with van der Waals surface area (Å²) in [5, 5.41) is 6.30. The number of hydrogen-bond acceptors (Lipinski definition) is 2. The van der Waals surface area contributed by atoms with Gasteiger partial charge in [-0.2, -0.15) is 0 Å². The molecule has 0 unspecified atom stereocenters. The van der Waals surface area contributed by atoms with E-state index in [0.29, 0.717) is 23.2 Å². The summed E-state index contributed by atoms with van der Waals surface area (Å²) < 4.78 is 0. The largest absolute Gasteiger partial charge is 0.342 e. The van der Waals surface area contributed by atoms with Gasteiger partial charge in [0.25, 0.3) is 5.91 Å². The summed E-state index contributed by atoms with van der Waals surface area (Å²) in [4.78, 5) is 16.8. The van der Waals surface area contributed by atoms with Gasteiger partial charge >= 0.3 is 0 Å². The van der Waals surface area contributed by atoms with Gasteiger partial charge in [0.05, 0.1) is 0 Å². The molecule has 4 nitrogen and oxygen atoms in total. The smallest absolute Gasteiger partial charge is 0.252 e. The molecule has 0 bridgehead atoms. The molecule has 1 saturated heterocycles. The number of aliphatic imine (C=N–C) groups is 1. The average Bonchev–Trinajstić information content (AvgIpc) is 2.63. The Labute approximate surface area is 122 Å². The maximum Gasteiger partial charge on any atom is 0.252 e. The summed E-state index contributed by atoms with van der Waals surface area (Å²) in [5.41, 5.74) is -0.0528. The average molecular weight is 279 g/mol. The number of nitrogens with zero attached hydrogens (tertiary/aromatic N) is 1. The van der Waals surface area contributed by atoms with Crippen LogP contribution in [-0.4, -0.2) is 24.0 Å². The third-order valence-electron chi connectivity index (χ3n) is 4.70. The molecule has 2 aliphatic rings. The molecule has 1 saturated carbocycles. The molecule has 0 atom stereocenters. The van der Waals surface area contributed by atoms with Crippen LogP contribution in [0.1, 0.15) is 60.3 Å². The fourth-order valence-corrected chi connectivity index (χ4v) is 3.22. The molecule has 0 aromatic rings. The second kappa shape index (κ2) is 5.38. The van der Waals surface area contributed by atoms with Gasteiger partial charge < -0.3 is 5.32 Å². The minimum absolute atomic E-state index is 0.118. The lowest BCUT2D eigenvalue weighted by molar-refractivity contribution is -0.125. The van der Waals surface area contributed by atoms with E-state index in [-0.39, 0.29) is 5.91 Å². The number of hydrogen-bond donors (Lipinski definition) is 2. The van der Waals surface area contributed by atoms with Crippen LogP contribution in [0.25, 0.3) is 0 Å². The Kier molecular flexibility index (Phi) is 4.12. The molecule has 20 heavy (non-hydrogen) atoms. The van der Waals surface area contributed by atoms with E-state index < -0.39 is 5.54 Å². The van der Waals surface area contributed by atoms with Gasteiger partial charge in [-0.15, -0.1) is 0 Å². The van der Waals surface area contributed by atoms with Crippen LogP contribution in [0.15, 0.2) is 4.99 Å². The molecular formula is C16H29N3O. The number of carbonyl (C=O) groups is 1. The Hall–Kier alpha value is -1.06. The van der Waals surface area contributed by atoms with Gasteiger partial charge in [0.2, 0.25) is 0 Å². The highest BCUT2D eigenvalue weighted by Crippen LogP contribution is 2.42. The minimum atomic E-state index is -0.391. The predicted octanol–water partition coefficient (Wildman–Crippen LogP) is 2.69. The second-order valence-electron chi connectivity index (χ2n) is 7.88. The summed E-state index contributed by atoms with van der Waals surface area (Å²) in [6, 6.07) is 0. The zero-order valence-corrected chi connectivity index (χ0v) is 13.5. The molecule has 1 aliphatic heterocycles. The fraction of sp³-hybridized carbons (Fsp3) is 0.875. The van der Waals surface area contributed by atoms with Crippen molar-refractivity contribution in [3.8, 4) is 0 Å². The van der Waals surface area contributed by atoms with Crippen LogP contribution in [0.3, 0.4) is 0 Å². The van der Waals surface area contributed by atoms with E-state index in [9.17, 15) is 4.79 Å². The van der Waals surface area contributed by atoms with Crippen molar-refractivity contribution in [2.75, 3.05) is 6.54 Å². The minimum Gasteiger partial charge on any atom is -0.342 e. The van der Waals surface area contributed by atoms with E-state index in [2.05, 4.69) is 50.2 Å². The van der Waals surface area contributed by atoms with Crippen LogP contribution in [0.4, 0.5) is 0 Å². The maximum absolute atomic E-state index is 12.3. The number of guanidine groups is 1. The van der Waals surface area contributed by atoms with Gasteiger partial charge in [-0.3, -0.25) is 15.1 Å². The fourth-order valence-electron chi connectivity index (χ4n) is 3.22. The molecule has 1 heterocycles. The lowest BCUT2D eigenvalue weighted by Gasteiger charge is -2.40. The summed E-state index contributed by atoms with van der Waals surface area (Å²) in [5.74, 6) is 2.01. The SMILES string of the molecule is CC(C)CN=C1NC(=O)C2(CCC(C(C)(C)C)CC2)N1. The third-order valence-corrected chi connectivity index (χ3v) is 4.70. The molecule has 2 fully saturated rings. The van der Waals surface area contributed by atoms with E-state index in [4.69, 9.17) is 0 Å². The van der Waals surface area contributed by atoms with Crippen molar-refractivity contribution in [3.63, 3.8) is 0 Å². The number of carbonyl (C=O) groups excluding carboxylic acids is 1. The van der Waals surface area contributed by atoms with Crippen LogP contribution >= 0.6 is 0 Å².